The van der Waals surface area contributed by atoms with Gasteiger partial charge in [-0.25, -0.2) is 0 Å². The van der Waals surface area contributed by atoms with Crippen molar-refractivity contribution in [3.63, 3.8) is 0 Å². The number of piperidine rings is 1. The Morgan fingerprint density at radius 2 is 1.52 bits per heavy atom. The Kier molecular flexibility index (Phi) is 6.63. The van der Waals surface area contributed by atoms with Crippen molar-refractivity contribution < 1.29 is 9.53 Å². The summed E-state index contributed by atoms with van der Waals surface area (Å²) in [5, 5.41) is 0. The minimum atomic E-state index is 0.285. The SMILES string of the molecule is O=C(CCc1ccccc1)N1CCC(COCc2ccccc2)CC1. The molecule has 0 spiro atoms. The standard InChI is InChI=1S/C22H27NO2/c24-22(12-11-19-7-3-1-4-8-19)23-15-13-21(14-16-23)18-25-17-20-9-5-2-6-10-20/h1-10,21H,11-18H2. The van der Waals surface area contributed by atoms with Crippen LogP contribution in [0.4, 0.5) is 0 Å². The Morgan fingerprint density at radius 1 is 0.920 bits per heavy atom. The summed E-state index contributed by atoms with van der Waals surface area (Å²) in [4.78, 5) is 14.4. The minimum absolute atomic E-state index is 0.285. The van der Waals surface area contributed by atoms with Crippen LogP contribution in [0, 0.1) is 5.92 Å². The van der Waals surface area contributed by atoms with Gasteiger partial charge < -0.3 is 9.64 Å². The van der Waals surface area contributed by atoms with Crippen LogP contribution in [0.25, 0.3) is 0 Å². The molecule has 0 unspecified atom stereocenters. The first-order chi connectivity index (χ1) is 12.3. The molecule has 3 rings (SSSR count). The predicted molar refractivity (Wildman–Crippen MR) is 100 cm³/mol. The van der Waals surface area contributed by atoms with Crippen LogP contribution in [0.1, 0.15) is 30.4 Å². The van der Waals surface area contributed by atoms with Gasteiger partial charge in [0.25, 0.3) is 0 Å². The molecule has 0 aliphatic carbocycles. The molecule has 1 aliphatic rings. The zero-order chi connectivity index (χ0) is 17.3. The summed E-state index contributed by atoms with van der Waals surface area (Å²) < 4.78 is 5.86. The van der Waals surface area contributed by atoms with Crippen molar-refractivity contribution >= 4 is 5.91 Å². The van der Waals surface area contributed by atoms with Crippen molar-refractivity contribution in [2.75, 3.05) is 19.7 Å². The third-order valence-electron chi connectivity index (χ3n) is 4.90. The number of ether oxygens (including phenoxy) is 1. The average molecular weight is 337 g/mol. The van der Waals surface area contributed by atoms with Crippen LogP contribution in [0.3, 0.4) is 0 Å². The van der Waals surface area contributed by atoms with Crippen LogP contribution >= 0.6 is 0 Å². The summed E-state index contributed by atoms with van der Waals surface area (Å²) in [6.07, 6.45) is 3.54. The third-order valence-corrected chi connectivity index (χ3v) is 4.90. The smallest absolute Gasteiger partial charge is 0.222 e. The van der Waals surface area contributed by atoms with E-state index in [0.717, 1.165) is 39.0 Å². The Balaban J connectivity index is 1.33. The fourth-order valence-electron chi connectivity index (χ4n) is 3.32. The summed E-state index contributed by atoms with van der Waals surface area (Å²) >= 11 is 0. The van der Waals surface area contributed by atoms with Crippen LogP contribution in [-0.4, -0.2) is 30.5 Å². The Labute approximate surface area is 150 Å². The maximum Gasteiger partial charge on any atom is 0.222 e. The number of likely N-dealkylation sites (tertiary alicyclic amines) is 1. The van der Waals surface area contributed by atoms with Crippen LogP contribution in [0.2, 0.25) is 0 Å². The van der Waals surface area contributed by atoms with E-state index in [1.807, 2.05) is 41.3 Å². The van der Waals surface area contributed by atoms with E-state index in [4.69, 9.17) is 4.74 Å². The van der Waals surface area contributed by atoms with Crippen LogP contribution in [0.5, 0.6) is 0 Å². The highest BCUT2D eigenvalue weighted by Gasteiger charge is 2.22. The molecule has 1 fully saturated rings. The van der Waals surface area contributed by atoms with E-state index in [0.29, 0.717) is 18.9 Å². The van der Waals surface area contributed by atoms with E-state index in [-0.39, 0.29) is 5.91 Å². The molecule has 3 heteroatoms. The molecule has 0 atom stereocenters. The third kappa shape index (κ3) is 5.71. The van der Waals surface area contributed by atoms with Crippen molar-refractivity contribution in [1.29, 1.82) is 0 Å². The lowest BCUT2D eigenvalue weighted by molar-refractivity contribution is -0.132. The molecular formula is C22H27NO2. The average Bonchev–Trinajstić information content (AvgIpc) is 2.68. The zero-order valence-electron chi connectivity index (χ0n) is 14.8. The molecule has 0 radical (unpaired) electrons. The Hall–Kier alpha value is -2.13. The topological polar surface area (TPSA) is 29.5 Å². The molecule has 1 aliphatic heterocycles. The number of amides is 1. The van der Waals surface area contributed by atoms with E-state index in [2.05, 4.69) is 24.3 Å². The fourth-order valence-corrected chi connectivity index (χ4v) is 3.32. The summed E-state index contributed by atoms with van der Waals surface area (Å²) in [6.45, 7) is 3.21. The van der Waals surface area contributed by atoms with Gasteiger partial charge in [0.15, 0.2) is 0 Å². The second-order valence-electron chi connectivity index (χ2n) is 6.81. The lowest BCUT2D eigenvalue weighted by Crippen LogP contribution is -2.39. The molecule has 2 aromatic carbocycles. The first-order valence-corrected chi connectivity index (χ1v) is 9.24. The first kappa shape index (κ1) is 17.7. The van der Waals surface area contributed by atoms with Crippen LogP contribution in [-0.2, 0) is 22.6 Å². The highest BCUT2D eigenvalue weighted by molar-refractivity contribution is 5.76. The summed E-state index contributed by atoms with van der Waals surface area (Å²) in [5.74, 6) is 0.856. The number of carbonyl (C=O) groups excluding carboxylic acids is 1. The molecule has 0 saturated carbocycles. The number of benzene rings is 2. The van der Waals surface area contributed by atoms with E-state index < -0.39 is 0 Å². The molecule has 0 aromatic heterocycles. The van der Waals surface area contributed by atoms with Gasteiger partial charge in [0.2, 0.25) is 5.91 Å². The lowest BCUT2D eigenvalue weighted by Gasteiger charge is -2.32. The molecule has 1 heterocycles. The highest BCUT2D eigenvalue weighted by Crippen LogP contribution is 2.19. The summed E-state index contributed by atoms with van der Waals surface area (Å²) in [7, 11) is 0. The lowest BCUT2D eigenvalue weighted by atomic mass is 9.97. The van der Waals surface area contributed by atoms with Crippen molar-refractivity contribution in [2.24, 2.45) is 5.92 Å². The number of rotatable bonds is 7. The Morgan fingerprint density at radius 3 is 2.16 bits per heavy atom. The van der Waals surface area contributed by atoms with Crippen molar-refractivity contribution in [2.45, 2.75) is 32.3 Å². The Bertz CT molecular complexity index is 634. The van der Waals surface area contributed by atoms with Crippen molar-refractivity contribution in [3.05, 3.63) is 71.8 Å². The first-order valence-electron chi connectivity index (χ1n) is 9.24. The van der Waals surface area contributed by atoms with Gasteiger partial charge in [0.1, 0.15) is 0 Å². The second kappa shape index (κ2) is 9.38. The van der Waals surface area contributed by atoms with Gasteiger partial charge in [-0.15, -0.1) is 0 Å². The largest absolute Gasteiger partial charge is 0.376 e. The maximum atomic E-state index is 12.4. The quantitative estimate of drug-likeness (QED) is 0.762. The number of nitrogens with zero attached hydrogens (tertiary/aromatic N) is 1. The number of carbonyl (C=O) groups is 1. The van der Waals surface area contributed by atoms with E-state index in [9.17, 15) is 4.79 Å². The minimum Gasteiger partial charge on any atom is -0.376 e. The molecule has 25 heavy (non-hydrogen) atoms. The molecule has 0 N–H and O–H groups in total. The zero-order valence-corrected chi connectivity index (χ0v) is 14.8. The van der Waals surface area contributed by atoms with E-state index in [1.54, 1.807) is 0 Å². The van der Waals surface area contributed by atoms with Gasteiger partial charge in [-0.2, -0.15) is 0 Å². The predicted octanol–water partition coefficient (Wildman–Crippen LogP) is 4.07. The fraction of sp³-hybridized carbons (Fsp3) is 0.409. The van der Waals surface area contributed by atoms with Gasteiger partial charge in [-0.05, 0) is 36.3 Å². The summed E-state index contributed by atoms with van der Waals surface area (Å²) in [5.41, 5.74) is 2.45. The molecule has 132 valence electrons. The van der Waals surface area contributed by atoms with Gasteiger partial charge in [-0.1, -0.05) is 60.7 Å². The van der Waals surface area contributed by atoms with Crippen LogP contribution in [0.15, 0.2) is 60.7 Å². The van der Waals surface area contributed by atoms with Gasteiger partial charge >= 0.3 is 0 Å². The normalized spacial score (nSPS) is 15.3. The van der Waals surface area contributed by atoms with Gasteiger partial charge in [0, 0.05) is 26.1 Å². The maximum absolute atomic E-state index is 12.4. The van der Waals surface area contributed by atoms with Crippen LogP contribution < -0.4 is 0 Å². The molecule has 2 aromatic rings. The number of aryl methyl sites for hydroxylation is 1. The highest BCUT2D eigenvalue weighted by atomic mass is 16.5. The second-order valence-corrected chi connectivity index (χ2v) is 6.81. The molecule has 3 nitrogen and oxygen atoms in total. The molecular weight excluding hydrogens is 310 g/mol. The molecule has 1 amide bonds. The number of hydrogen-bond acceptors (Lipinski definition) is 2. The summed E-state index contributed by atoms with van der Waals surface area (Å²) in [6, 6.07) is 20.5. The van der Waals surface area contributed by atoms with Gasteiger partial charge in [0.05, 0.1) is 6.61 Å². The van der Waals surface area contributed by atoms with Crippen molar-refractivity contribution in [1.82, 2.24) is 4.90 Å². The molecule has 0 bridgehead atoms. The van der Waals surface area contributed by atoms with Crippen molar-refractivity contribution in [3.8, 4) is 0 Å². The van der Waals surface area contributed by atoms with Gasteiger partial charge in [-0.3, -0.25) is 4.79 Å². The van der Waals surface area contributed by atoms with E-state index >= 15 is 0 Å². The number of hydrogen-bond donors (Lipinski definition) is 0. The van der Waals surface area contributed by atoms with E-state index in [1.165, 1.54) is 11.1 Å². The molecule has 1 saturated heterocycles. The monoisotopic (exact) mass is 337 g/mol.